The van der Waals surface area contributed by atoms with Gasteiger partial charge in [-0.1, -0.05) is 0 Å². The molecule has 0 heterocycles. The third-order valence-electron chi connectivity index (χ3n) is 1.56. The second-order valence-corrected chi connectivity index (χ2v) is 4.47. The number of hydrogen-bond donors (Lipinski definition) is 4. The SMILES string of the molecule is CC(C)(C)OC(=O)NCCNC[C@H](O)CO. The van der Waals surface area contributed by atoms with Crippen molar-refractivity contribution in [1.82, 2.24) is 10.6 Å². The minimum atomic E-state index is -0.762. The maximum Gasteiger partial charge on any atom is 0.407 e. The van der Waals surface area contributed by atoms with Crippen molar-refractivity contribution in [3.05, 3.63) is 0 Å². The smallest absolute Gasteiger partial charge is 0.407 e. The summed E-state index contributed by atoms with van der Waals surface area (Å²) < 4.78 is 5.02. The zero-order chi connectivity index (χ0) is 12.6. The second kappa shape index (κ2) is 7.43. The zero-order valence-electron chi connectivity index (χ0n) is 10.1. The van der Waals surface area contributed by atoms with E-state index in [1.165, 1.54) is 0 Å². The average molecular weight is 234 g/mol. The molecule has 0 saturated heterocycles. The Hall–Kier alpha value is -0.850. The molecule has 0 aromatic rings. The first-order valence-corrected chi connectivity index (χ1v) is 5.31. The van der Waals surface area contributed by atoms with Crippen LogP contribution in [-0.4, -0.2) is 54.3 Å². The van der Waals surface area contributed by atoms with Crippen molar-refractivity contribution in [2.24, 2.45) is 0 Å². The number of aliphatic hydroxyl groups excluding tert-OH is 2. The Morgan fingerprint density at radius 2 is 2.00 bits per heavy atom. The number of nitrogens with one attached hydrogen (secondary N) is 2. The molecule has 0 aliphatic carbocycles. The van der Waals surface area contributed by atoms with Crippen LogP contribution in [0.3, 0.4) is 0 Å². The molecule has 0 bridgehead atoms. The number of aliphatic hydroxyl groups is 2. The van der Waals surface area contributed by atoms with Gasteiger partial charge >= 0.3 is 6.09 Å². The van der Waals surface area contributed by atoms with Gasteiger partial charge in [0.05, 0.1) is 12.7 Å². The highest BCUT2D eigenvalue weighted by atomic mass is 16.6. The summed E-state index contributed by atoms with van der Waals surface area (Å²) in [5, 5.41) is 23.0. The summed E-state index contributed by atoms with van der Waals surface area (Å²) in [7, 11) is 0. The molecule has 1 atom stereocenters. The highest BCUT2D eigenvalue weighted by molar-refractivity contribution is 5.67. The molecule has 0 radical (unpaired) electrons. The number of amides is 1. The van der Waals surface area contributed by atoms with Gasteiger partial charge in [-0.05, 0) is 20.8 Å². The fraction of sp³-hybridized carbons (Fsp3) is 0.900. The monoisotopic (exact) mass is 234 g/mol. The first-order valence-electron chi connectivity index (χ1n) is 5.31. The Kier molecular flexibility index (Phi) is 7.03. The first-order chi connectivity index (χ1) is 7.35. The first kappa shape index (κ1) is 15.2. The van der Waals surface area contributed by atoms with E-state index in [0.717, 1.165) is 0 Å². The molecule has 0 unspecified atom stereocenters. The van der Waals surface area contributed by atoms with E-state index in [-0.39, 0.29) is 6.61 Å². The molecule has 0 rings (SSSR count). The standard InChI is InChI=1S/C10H22N2O4/c1-10(2,3)16-9(15)12-5-4-11-6-8(14)7-13/h8,11,13-14H,4-7H2,1-3H3,(H,12,15)/t8-/m0/s1. The van der Waals surface area contributed by atoms with Crippen LogP contribution in [-0.2, 0) is 4.74 Å². The van der Waals surface area contributed by atoms with Crippen LogP contribution in [0.5, 0.6) is 0 Å². The summed E-state index contributed by atoms with van der Waals surface area (Å²) >= 11 is 0. The maximum absolute atomic E-state index is 11.2. The van der Waals surface area contributed by atoms with Gasteiger partial charge in [-0.3, -0.25) is 0 Å². The summed E-state index contributed by atoms with van der Waals surface area (Å²) in [5.41, 5.74) is -0.495. The molecule has 0 aromatic carbocycles. The van der Waals surface area contributed by atoms with Crippen LogP contribution in [0.2, 0.25) is 0 Å². The Labute approximate surface area is 96.0 Å². The molecule has 0 aliphatic heterocycles. The normalized spacial score (nSPS) is 13.3. The van der Waals surface area contributed by atoms with E-state index >= 15 is 0 Å². The van der Waals surface area contributed by atoms with E-state index in [1.807, 2.05) is 0 Å². The lowest BCUT2D eigenvalue weighted by molar-refractivity contribution is 0.0527. The van der Waals surface area contributed by atoms with Crippen LogP contribution < -0.4 is 10.6 Å². The predicted molar refractivity (Wildman–Crippen MR) is 60.2 cm³/mol. The topological polar surface area (TPSA) is 90.8 Å². The van der Waals surface area contributed by atoms with Crippen molar-refractivity contribution >= 4 is 6.09 Å². The van der Waals surface area contributed by atoms with Crippen molar-refractivity contribution in [1.29, 1.82) is 0 Å². The number of alkyl carbamates (subject to hydrolysis) is 1. The fourth-order valence-corrected chi connectivity index (χ4v) is 0.900. The third kappa shape index (κ3) is 9.70. The lowest BCUT2D eigenvalue weighted by atomic mass is 10.2. The summed E-state index contributed by atoms with van der Waals surface area (Å²) in [4.78, 5) is 11.2. The molecule has 0 aliphatic rings. The molecule has 0 spiro atoms. The zero-order valence-corrected chi connectivity index (χ0v) is 10.1. The van der Waals surface area contributed by atoms with Crippen LogP contribution in [0.1, 0.15) is 20.8 Å². The van der Waals surface area contributed by atoms with Crippen molar-refractivity contribution < 1.29 is 19.7 Å². The van der Waals surface area contributed by atoms with E-state index in [4.69, 9.17) is 14.9 Å². The predicted octanol–water partition coefficient (Wildman–Crippen LogP) is -0.546. The Morgan fingerprint density at radius 1 is 1.38 bits per heavy atom. The third-order valence-corrected chi connectivity index (χ3v) is 1.56. The highest BCUT2D eigenvalue weighted by Gasteiger charge is 2.15. The van der Waals surface area contributed by atoms with Crippen LogP contribution in [0.4, 0.5) is 4.79 Å². The van der Waals surface area contributed by atoms with Crippen LogP contribution in [0.15, 0.2) is 0 Å². The molecular weight excluding hydrogens is 212 g/mol. The molecule has 0 fully saturated rings. The fourth-order valence-electron chi connectivity index (χ4n) is 0.900. The van der Waals surface area contributed by atoms with Crippen molar-refractivity contribution in [3.63, 3.8) is 0 Å². The number of carbonyl (C=O) groups is 1. The van der Waals surface area contributed by atoms with E-state index in [2.05, 4.69) is 10.6 Å². The lowest BCUT2D eigenvalue weighted by Crippen LogP contribution is -2.38. The maximum atomic E-state index is 11.2. The molecule has 4 N–H and O–H groups in total. The summed E-state index contributed by atoms with van der Waals surface area (Å²) in [6, 6.07) is 0. The average Bonchev–Trinajstić information content (AvgIpc) is 2.14. The van der Waals surface area contributed by atoms with E-state index in [1.54, 1.807) is 20.8 Å². The van der Waals surface area contributed by atoms with Crippen LogP contribution >= 0.6 is 0 Å². The van der Waals surface area contributed by atoms with Gasteiger partial charge in [-0.15, -0.1) is 0 Å². The molecule has 1 amide bonds. The van der Waals surface area contributed by atoms with Gasteiger partial charge in [0, 0.05) is 19.6 Å². The largest absolute Gasteiger partial charge is 0.444 e. The van der Waals surface area contributed by atoms with E-state index in [9.17, 15) is 4.79 Å². The van der Waals surface area contributed by atoms with Gasteiger partial charge in [-0.2, -0.15) is 0 Å². The Bertz CT molecular complexity index is 203. The van der Waals surface area contributed by atoms with Crippen molar-refractivity contribution in [3.8, 4) is 0 Å². The number of carbonyl (C=O) groups excluding carboxylic acids is 1. The number of hydrogen-bond acceptors (Lipinski definition) is 5. The summed E-state index contributed by atoms with van der Waals surface area (Å²) in [6.45, 7) is 6.33. The molecule has 16 heavy (non-hydrogen) atoms. The van der Waals surface area contributed by atoms with Crippen LogP contribution in [0.25, 0.3) is 0 Å². The number of rotatable bonds is 6. The second-order valence-electron chi connectivity index (χ2n) is 4.47. The Balaban J connectivity index is 3.42. The molecule has 0 aromatic heterocycles. The van der Waals surface area contributed by atoms with Crippen LogP contribution in [0, 0.1) is 0 Å². The van der Waals surface area contributed by atoms with Gasteiger partial charge in [0.25, 0.3) is 0 Å². The van der Waals surface area contributed by atoms with Gasteiger partial charge in [0.2, 0.25) is 0 Å². The van der Waals surface area contributed by atoms with Gasteiger partial charge in [0.15, 0.2) is 0 Å². The van der Waals surface area contributed by atoms with Crippen molar-refractivity contribution in [2.75, 3.05) is 26.2 Å². The summed E-state index contributed by atoms with van der Waals surface area (Å²) in [6.07, 6.45) is -1.22. The van der Waals surface area contributed by atoms with Gasteiger partial charge in [0.1, 0.15) is 5.60 Å². The molecule has 6 nitrogen and oxygen atoms in total. The minimum absolute atomic E-state index is 0.271. The molecule has 0 saturated carbocycles. The number of ether oxygens (including phenoxy) is 1. The highest BCUT2D eigenvalue weighted by Crippen LogP contribution is 2.05. The minimum Gasteiger partial charge on any atom is -0.444 e. The van der Waals surface area contributed by atoms with Gasteiger partial charge < -0.3 is 25.6 Å². The van der Waals surface area contributed by atoms with Crippen molar-refractivity contribution in [2.45, 2.75) is 32.5 Å². The van der Waals surface area contributed by atoms with Gasteiger partial charge in [-0.25, -0.2) is 4.79 Å². The Morgan fingerprint density at radius 3 is 2.50 bits per heavy atom. The molecule has 96 valence electrons. The molecular formula is C10H22N2O4. The van der Waals surface area contributed by atoms with E-state index in [0.29, 0.717) is 19.6 Å². The quantitative estimate of drug-likeness (QED) is 0.463. The lowest BCUT2D eigenvalue weighted by Gasteiger charge is -2.19. The summed E-state index contributed by atoms with van der Waals surface area (Å²) in [5.74, 6) is 0. The van der Waals surface area contributed by atoms with E-state index < -0.39 is 17.8 Å². The molecule has 6 heteroatoms.